The van der Waals surface area contributed by atoms with Crippen LogP contribution in [0.1, 0.15) is 43.1 Å². The highest BCUT2D eigenvalue weighted by Gasteiger charge is 2.29. The molecule has 0 saturated carbocycles. The van der Waals surface area contributed by atoms with Crippen molar-refractivity contribution in [2.45, 2.75) is 37.5 Å². The van der Waals surface area contributed by atoms with Gasteiger partial charge in [0.05, 0.1) is 10.5 Å². The Morgan fingerprint density at radius 1 is 0.974 bits per heavy atom. The van der Waals surface area contributed by atoms with Gasteiger partial charge in [-0.25, -0.2) is 13.2 Å². The second kappa shape index (κ2) is 10.2. The Labute approximate surface area is 220 Å². The summed E-state index contributed by atoms with van der Waals surface area (Å²) >= 11 is 0. The molecule has 0 aliphatic carbocycles. The first-order valence-electron chi connectivity index (χ1n) is 11.8. The molecule has 38 heavy (non-hydrogen) atoms. The van der Waals surface area contributed by atoms with Gasteiger partial charge in [0, 0.05) is 35.6 Å². The van der Waals surface area contributed by atoms with E-state index in [0.29, 0.717) is 22.6 Å². The van der Waals surface area contributed by atoms with Crippen LogP contribution in [0.15, 0.2) is 71.6 Å². The van der Waals surface area contributed by atoms with E-state index in [9.17, 15) is 27.9 Å². The molecular weight excluding hydrogens is 508 g/mol. The minimum absolute atomic E-state index is 0.0500. The van der Waals surface area contributed by atoms with Crippen molar-refractivity contribution in [2.24, 2.45) is 0 Å². The van der Waals surface area contributed by atoms with Crippen molar-refractivity contribution in [2.75, 3.05) is 21.5 Å². The Morgan fingerprint density at radius 2 is 1.61 bits per heavy atom. The largest absolute Gasteiger partial charge is 0.507 e. The van der Waals surface area contributed by atoms with E-state index >= 15 is 0 Å². The fourth-order valence-electron chi connectivity index (χ4n) is 3.96. The summed E-state index contributed by atoms with van der Waals surface area (Å²) in [5.74, 6) is -1.23. The molecule has 198 valence electrons. The van der Waals surface area contributed by atoms with Crippen molar-refractivity contribution in [3.8, 4) is 5.75 Å². The molecule has 1 aliphatic heterocycles. The molecule has 0 radical (unpaired) electrons. The van der Waals surface area contributed by atoms with Crippen molar-refractivity contribution >= 4 is 44.9 Å². The van der Waals surface area contributed by atoms with Crippen LogP contribution in [0.3, 0.4) is 0 Å². The van der Waals surface area contributed by atoms with E-state index in [0.717, 1.165) is 0 Å². The maximum Gasteiger partial charge on any atom is 0.328 e. The van der Waals surface area contributed by atoms with Crippen molar-refractivity contribution < 1.29 is 27.9 Å². The lowest BCUT2D eigenvalue weighted by Gasteiger charge is -2.29. The number of carbonyl (C=O) groups is 3. The van der Waals surface area contributed by atoms with Gasteiger partial charge in [-0.2, -0.15) is 0 Å². The molecule has 11 heteroatoms. The van der Waals surface area contributed by atoms with E-state index in [-0.39, 0.29) is 35.1 Å². The van der Waals surface area contributed by atoms with E-state index in [2.05, 4.69) is 15.4 Å². The molecule has 10 nitrogen and oxygen atoms in total. The predicted octanol–water partition coefficient (Wildman–Crippen LogP) is 4.19. The van der Waals surface area contributed by atoms with Gasteiger partial charge in [-0.3, -0.25) is 24.5 Å². The zero-order valence-electron chi connectivity index (χ0n) is 21.1. The molecule has 4 amide bonds. The van der Waals surface area contributed by atoms with E-state index < -0.39 is 27.4 Å². The summed E-state index contributed by atoms with van der Waals surface area (Å²) in [6.45, 7) is 5.73. The van der Waals surface area contributed by atoms with Gasteiger partial charge in [0.2, 0.25) is 5.91 Å². The number of sulfonamides is 1. The van der Waals surface area contributed by atoms with Gasteiger partial charge in [0.25, 0.3) is 15.9 Å². The summed E-state index contributed by atoms with van der Waals surface area (Å²) in [4.78, 5) is 38.7. The fourth-order valence-corrected chi connectivity index (χ4v) is 5.04. The third-order valence-electron chi connectivity index (χ3n) is 5.96. The molecule has 0 spiro atoms. The van der Waals surface area contributed by atoms with Gasteiger partial charge in [-0.15, -0.1) is 0 Å². The zero-order valence-corrected chi connectivity index (χ0v) is 21.9. The third-order valence-corrected chi connectivity index (χ3v) is 7.36. The minimum Gasteiger partial charge on any atom is -0.507 e. The minimum atomic E-state index is -3.77. The fraction of sp³-hybridized carbons (Fsp3) is 0.222. The van der Waals surface area contributed by atoms with Crippen molar-refractivity contribution in [3.05, 3.63) is 77.9 Å². The number of phenols is 1. The Bertz CT molecular complexity index is 1500. The Morgan fingerprint density at radius 3 is 2.21 bits per heavy atom. The molecule has 3 aromatic carbocycles. The number of imide groups is 1. The highest BCUT2D eigenvalue weighted by molar-refractivity contribution is 7.92. The summed E-state index contributed by atoms with van der Waals surface area (Å²) in [5, 5.41) is 15.9. The van der Waals surface area contributed by atoms with Gasteiger partial charge in [0.15, 0.2) is 0 Å². The number of urea groups is 1. The number of hydrogen-bond donors (Lipinski definition) is 4. The van der Waals surface area contributed by atoms with Gasteiger partial charge in [0.1, 0.15) is 5.75 Å². The van der Waals surface area contributed by atoms with Crippen molar-refractivity contribution in [1.29, 1.82) is 0 Å². The van der Waals surface area contributed by atoms with Crippen LogP contribution in [0.25, 0.3) is 0 Å². The first-order valence-corrected chi connectivity index (χ1v) is 13.3. The molecule has 4 N–H and O–H groups in total. The lowest BCUT2D eigenvalue weighted by atomic mass is 9.84. The number of hydrogen-bond acceptors (Lipinski definition) is 6. The zero-order chi connectivity index (χ0) is 27.7. The predicted molar refractivity (Wildman–Crippen MR) is 144 cm³/mol. The number of rotatable bonds is 6. The standard InChI is InChI=1S/C27H28N4O6S/c1-27(2,3)22-16-19(31-14-13-23(32)29-26(31)35)15-21(24(22)33)25(34)28-17-9-11-18(12-10-17)30-38(36,37)20-7-5-4-6-8-20/h4-12,15-16,30,33H,13-14H2,1-3H3,(H,28,34)(H,29,32,35). The molecule has 1 heterocycles. The number of benzene rings is 3. The second-order valence-corrected chi connectivity index (χ2v) is 11.5. The number of anilines is 3. The van der Waals surface area contributed by atoms with E-state index in [1.54, 1.807) is 24.3 Å². The molecule has 0 atom stereocenters. The monoisotopic (exact) mass is 536 g/mol. The Balaban J connectivity index is 1.58. The maximum atomic E-state index is 13.2. The molecule has 0 unspecified atom stereocenters. The average molecular weight is 537 g/mol. The van der Waals surface area contributed by atoms with Crippen LogP contribution in [0.2, 0.25) is 0 Å². The third kappa shape index (κ3) is 5.78. The number of carbonyl (C=O) groups excluding carboxylic acids is 3. The van der Waals surface area contributed by atoms with Crippen LogP contribution < -0.4 is 20.3 Å². The number of nitrogens with one attached hydrogen (secondary N) is 3. The van der Waals surface area contributed by atoms with Crippen LogP contribution in [0.5, 0.6) is 5.75 Å². The van der Waals surface area contributed by atoms with Gasteiger partial charge < -0.3 is 10.4 Å². The molecule has 4 rings (SSSR count). The SMILES string of the molecule is CC(C)(C)c1cc(N2CCC(=O)NC2=O)cc(C(=O)Nc2ccc(NS(=O)(=O)c3ccccc3)cc2)c1O. The van der Waals surface area contributed by atoms with Crippen LogP contribution in [-0.4, -0.2) is 37.9 Å². The number of phenolic OH excluding ortho intramolecular Hbond substituents is 1. The highest BCUT2D eigenvalue weighted by Crippen LogP contribution is 2.38. The number of amides is 4. The van der Waals surface area contributed by atoms with Crippen molar-refractivity contribution in [1.82, 2.24) is 5.32 Å². The lowest BCUT2D eigenvalue weighted by molar-refractivity contribution is -0.120. The average Bonchev–Trinajstić information content (AvgIpc) is 2.85. The molecule has 1 fully saturated rings. The first kappa shape index (κ1) is 26.7. The van der Waals surface area contributed by atoms with Gasteiger partial charge in [-0.1, -0.05) is 39.0 Å². The molecule has 1 saturated heterocycles. The van der Waals surface area contributed by atoms with Gasteiger partial charge >= 0.3 is 6.03 Å². The summed E-state index contributed by atoms with van der Waals surface area (Å²) in [6.07, 6.45) is 0.110. The molecule has 3 aromatic rings. The quantitative estimate of drug-likeness (QED) is 0.372. The maximum absolute atomic E-state index is 13.2. The van der Waals surface area contributed by atoms with Gasteiger partial charge in [-0.05, 0) is 53.9 Å². The summed E-state index contributed by atoms with van der Waals surface area (Å²) in [6, 6.07) is 16.4. The Hall–Kier alpha value is -4.38. The molecular formula is C27H28N4O6S. The molecule has 0 bridgehead atoms. The number of nitrogens with zero attached hydrogens (tertiary/aromatic N) is 1. The topological polar surface area (TPSA) is 145 Å². The number of aromatic hydroxyl groups is 1. The lowest BCUT2D eigenvalue weighted by Crippen LogP contribution is -2.49. The van der Waals surface area contributed by atoms with E-state index in [1.807, 2.05) is 20.8 Å². The normalized spacial score (nSPS) is 14.1. The summed E-state index contributed by atoms with van der Waals surface area (Å²) in [7, 11) is -3.77. The summed E-state index contributed by atoms with van der Waals surface area (Å²) < 4.78 is 27.6. The molecule has 0 aromatic heterocycles. The summed E-state index contributed by atoms with van der Waals surface area (Å²) in [5.41, 5.74) is 0.878. The van der Waals surface area contributed by atoms with Crippen LogP contribution in [0, 0.1) is 0 Å². The van der Waals surface area contributed by atoms with Crippen LogP contribution in [0.4, 0.5) is 21.9 Å². The second-order valence-electron chi connectivity index (χ2n) is 9.84. The molecule has 1 aliphatic rings. The van der Waals surface area contributed by atoms with E-state index in [4.69, 9.17) is 0 Å². The smallest absolute Gasteiger partial charge is 0.328 e. The van der Waals surface area contributed by atoms with Crippen molar-refractivity contribution in [3.63, 3.8) is 0 Å². The first-order chi connectivity index (χ1) is 17.8. The Kier molecular flexibility index (Phi) is 7.14. The van der Waals surface area contributed by atoms with E-state index in [1.165, 1.54) is 47.4 Å². The highest BCUT2D eigenvalue weighted by atomic mass is 32.2. The van der Waals surface area contributed by atoms with Crippen LogP contribution >= 0.6 is 0 Å². The van der Waals surface area contributed by atoms with Crippen LogP contribution in [-0.2, 0) is 20.2 Å².